The fourth-order valence-corrected chi connectivity index (χ4v) is 1.95. The molecule has 1 aromatic carbocycles. The lowest BCUT2D eigenvalue weighted by atomic mass is 10.3. The first kappa shape index (κ1) is 20.8. The highest BCUT2D eigenvalue weighted by Gasteiger charge is 2.13. The molecule has 0 spiro atoms. The van der Waals surface area contributed by atoms with E-state index in [2.05, 4.69) is 10.3 Å². The van der Waals surface area contributed by atoms with Crippen molar-refractivity contribution in [1.82, 2.24) is 4.98 Å². The number of carbonyl (C=O) groups is 1. The molecule has 0 atom stereocenters. The van der Waals surface area contributed by atoms with Crippen LogP contribution in [0.3, 0.4) is 0 Å². The van der Waals surface area contributed by atoms with E-state index in [9.17, 15) is 13.2 Å². The van der Waals surface area contributed by atoms with Crippen molar-refractivity contribution in [2.24, 2.45) is 0 Å². The summed E-state index contributed by atoms with van der Waals surface area (Å²) in [5.41, 5.74) is 0.185. The Morgan fingerprint density at radius 2 is 1.83 bits per heavy atom. The van der Waals surface area contributed by atoms with Crippen LogP contribution in [0.5, 0.6) is 5.75 Å². The molecule has 0 aliphatic rings. The third kappa shape index (κ3) is 7.59. The Morgan fingerprint density at radius 3 is 2.17 bits per heavy atom. The lowest BCUT2D eigenvalue weighted by molar-refractivity contribution is -0.114. The molecule has 0 saturated carbocycles. The van der Waals surface area contributed by atoms with Gasteiger partial charge in [0.15, 0.2) is 0 Å². The van der Waals surface area contributed by atoms with E-state index in [1.807, 2.05) is 18.2 Å². The summed E-state index contributed by atoms with van der Waals surface area (Å²) in [5.74, 6) is -0.0617. The Bertz CT molecular complexity index is 696. The second kappa shape index (κ2) is 9.78. The van der Waals surface area contributed by atoms with Crippen LogP contribution in [0.1, 0.15) is 6.92 Å². The van der Waals surface area contributed by atoms with Gasteiger partial charge in [0, 0.05) is 19.3 Å². The minimum Gasteiger partial charge on any atom is -0.495 e. The van der Waals surface area contributed by atoms with Crippen molar-refractivity contribution in [3.8, 4) is 5.75 Å². The van der Waals surface area contributed by atoms with Crippen LogP contribution in [0.15, 0.2) is 53.7 Å². The number of methoxy groups -OCH3 is 1. The summed E-state index contributed by atoms with van der Waals surface area (Å²) < 4.78 is 35.5. The van der Waals surface area contributed by atoms with E-state index in [0.717, 1.165) is 6.07 Å². The molecule has 0 bridgehead atoms. The van der Waals surface area contributed by atoms with Gasteiger partial charge in [0.2, 0.25) is 5.91 Å². The summed E-state index contributed by atoms with van der Waals surface area (Å²) in [4.78, 5) is 14.3. The zero-order chi connectivity index (χ0) is 16.6. The van der Waals surface area contributed by atoms with Gasteiger partial charge in [-0.3, -0.25) is 14.3 Å². The summed E-state index contributed by atoms with van der Waals surface area (Å²) in [7, 11) is -2.91. The molecule has 1 heterocycles. The number of benzene rings is 1. The Labute approximate surface area is 140 Å². The molecule has 0 fully saturated rings. The highest BCUT2D eigenvalue weighted by atomic mass is 35.5. The average molecular weight is 361 g/mol. The van der Waals surface area contributed by atoms with Crippen LogP contribution in [0.4, 0.5) is 5.69 Å². The number of aromatic nitrogens is 1. The number of halogens is 1. The van der Waals surface area contributed by atoms with Crippen LogP contribution in [0.2, 0.25) is 0 Å². The molecule has 2 aromatic rings. The van der Waals surface area contributed by atoms with Crippen molar-refractivity contribution in [1.29, 1.82) is 0 Å². The van der Waals surface area contributed by atoms with Crippen LogP contribution < -0.4 is 10.1 Å². The van der Waals surface area contributed by atoms with Crippen molar-refractivity contribution < 1.29 is 22.5 Å². The Hall–Kier alpha value is -2.16. The number of hydrogen-bond donors (Lipinski definition) is 2. The molecule has 7 nitrogen and oxygen atoms in total. The monoisotopic (exact) mass is 360 g/mol. The van der Waals surface area contributed by atoms with Crippen LogP contribution in [-0.2, 0) is 14.9 Å². The van der Waals surface area contributed by atoms with E-state index in [0.29, 0.717) is 5.75 Å². The van der Waals surface area contributed by atoms with E-state index in [1.54, 1.807) is 12.4 Å². The van der Waals surface area contributed by atoms with Crippen molar-refractivity contribution in [3.63, 3.8) is 0 Å². The summed E-state index contributed by atoms with van der Waals surface area (Å²) in [5, 5.41) is 2.40. The van der Waals surface area contributed by atoms with Crippen LogP contribution >= 0.6 is 12.4 Å². The third-order valence-corrected chi connectivity index (χ3v) is 3.20. The van der Waals surface area contributed by atoms with Gasteiger partial charge in [0.1, 0.15) is 5.75 Å². The molecular formula is C14H17ClN2O5S. The van der Waals surface area contributed by atoms with Gasteiger partial charge in [-0.2, -0.15) is 8.42 Å². The minimum absolute atomic E-state index is 0. The van der Waals surface area contributed by atoms with Crippen molar-refractivity contribution in [3.05, 3.63) is 48.8 Å². The molecule has 9 heteroatoms. The quantitative estimate of drug-likeness (QED) is 0.814. The Balaban J connectivity index is 0.000000581. The number of amides is 1. The largest absolute Gasteiger partial charge is 0.495 e. The van der Waals surface area contributed by atoms with Gasteiger partial charge in [-0.15, -0.1) is 12.4 Å². The number of anilines is 1. The first-order chi connectivity index (χ1) is 10.3. The standard InChI is InChI=1S/C9H11NO5S.C5H5N.ClH/c1-6(11)10-8-5-7(16(12,13)14)3-4-9(8)15-2;1-2-4-6-5-3-1;/h3-5H,1-2H3,(H,10,11)(H,12,13,14);1-5H;1H. The van der Waals surface area contributed by atoms with Gasteiger partial charge in [-0.25, -0.2) is 0 Å². The first-order valence-electron chi connectivity index (χ1n) is 6.12. The number of hydrogen-bond acceptors (Lipinski definition) is 5. The number of pyridine rings is 1. The summed E-state index contributed by atoms with van der Waals surface area (Å²) >= 11 is 0. The van der Waals surface area contributed by atoms with Crippen molar-refractivity contribution in [2.75, 3.05) is 12.4 Å². The second-order valence-electron chi connectivity index (χ2n) is 4.04. The molecule has 0 aliphatic heterocycles. The first-order valence-corrected chi connectivity index (χ1v) is 7.56. The summed E-state index contributed by atoms with van der Waals surface area (Å²) in [6, 6.07) is 9.36. The molecule has 2 N–H and O–H groups in total. The Morgan fingerprint density at radius 1 is 1.22 bits per heavy atom. The number of rotatable bonds is 3. The van der Waals surface area contributed by atoms with Gasteiger partial charge in [0.25, 0.3) is 10.1 Å². The number of carbonyl (C=O) groups excluding carboxylic acids is 1. The maximum Gasteiger partial charge on any atom is 0.294 e. The van der Waals surface area contributed by atoms with E-state index in [-0.39, 0.29) is 28.9 Å². The van der Waals surface area contributed by atoms with Crippen LogP contribution in [0.25, 0.3) is 0 Å². The normalized spacial score (nSPS) is 9.70. The van der Waals surface area contributed by atoms with E-state index in [1.165, 1.54) is 26.2 Å². The van der Waals surface area contributed by atoms with E-state index < -0.39 is 10.1 Å². The van der Waals surface area contributed by atoms with Gasteiger partial charge in [-0.05, 0) is 30.3 Å². The molecule has 126 valence electrons. The molecule has 0 radical (unpaired) electrons. The van der Waals surface area contributed by atoms with E-state index >= 15 is 0 Å². The number of nitrogens with one attached hydrogen (secondary N) is 1. The van der Waals surface area contributed by atoms with E-state index in [4.69, 9.17) is 9.29 Å². The molecule has 0 saturated heterocycles. The fourth-order valence-electron chi connectivity index (χ4n) is 1.45. The number of ether oxygens (including phenoxy) is 1. The Kier molecular flexibility index (Phi) is 8.86. The van der Waals surface area contributed by atoms with Crippen LogP contribution in [-0.4, -0.2) is 31.0 Å². The average Bonchev–Trinajstić information content (AvgIpc) is 2.48. The topological polar surface area (TPSA) is 106 Å². The zero-order valence-electron chi connectivity index (χ0n) is 12.5. The zero-order valence-corrected chi connectivity index (χ0v) is 14.1. The highest BCUT2D eigenvalue weighted by molar-refractivity contribution is 7.85. The predicted molar refractivity (Wildman–Crippen MR) is 88.6 cm³/mol. The smallest absolute Gasteiger partial charge is 0.294 e. The van der Waals surface area contributed by atoms with Gasteiger partial charge >= 0.3 is 0 Å². The molecule has 0 aliphatic carbocycles. The molecule has 2 rings (SSSR count). The summed E-state index contributed by atoms with van der Waals surface area (Å²) in [6.07, 6.45) is 3.50. The molecule has 1 amide bonds. The molecule has 1 aromatic heterocycles. The fraction of sp³-hybridized carbons (Fsp3) is 0.143. The maximum atomic E-state index is 10.9. The SMILES string of the molecule is COc1ccc(S(=O)(=O)O)cc1NC(C)=O.Cl.c1ccncc1. The second-order valence-corrected chi connectivity index (χ2v) is 5.46. The third-order valence-electron chi connectivity index (χ3n) is 2.35. The minimum atomic E-state index is -4.29. The van der Waals surface area contributed by atoms with Gasteiger partial charge in [0.05, 0.1) is 17.7 Å². The van der Waals surface area contributed by atoms with Crippen molar-refractivity contribution in [2.45, 2.75) is 11.8 Å². The summed E-state index contributed by atoms with van der Waals surface area (Å²) in [6.45, 7) is 1.28. The number of nitrogens with zero attached hydrogens (tertiary/aromatic N) is 1. The molecular weight excluding hydrogens is 344 g/mol. The predicted octanol–water partition coefficient (Wildman–Crippen LogP) is 2.40. The lowest BCUT2D eigenvalue weighted by Crippen LogP contribution is -2.08. The molecule has 0 unspecified atom stereocenters. The van der Waals surface area contributed by atoms with Crippen molar-refractivity contribution >= 4 is 34.1 Å². The van der Waals surface area contributed by atoms with Crippen LogP contribution in [0, 0.1) is 0 Å². The van der Waals surface area contributed by atoms with Gasteiger partial charge in [-0.1, -0.05) is 6.07 Å². The molecule has 23 heavy (non-hydrogen) atoms. The lowest BCUT2D eigenvalue weighted by Gasteiger charge is -2.09. The maximum absolute atomic E-state index is 10.9. The van der Waals surface area contributed by atoms with Gasteiger partial charge < -0.3 is 10.1 Å². The highest BCUT2D eigenvalue weighted by Crippen LogP contribution is 2.27.